The van der Waals surface area contributed by atoms with Crippen LogP contribution < -0.4 is 14.8 Å². The number of aryl methyl sites for hydroxylation is 1. The minimum atomic E-state index is -3.72. The average Bonchev–Trinajstić information content (AvgIpc) is 2.77. The fourth-order valence-electron chi connectivity index (χ4n) is 3.64. The molecule has 1 aliphatic rings. The van der Waals surface area contributed by atoms with E-state index in [1.165, 1.54) is 6.20 Å². The number of pyridine rings is 1. The standard InChI is InChI=1S/C23H24ClN3O3S/c1-16-11-18(24)13-22(23(16)30-20-7-9-25-10-8-20)17-12-19(15-26-14-17)27-31(28,29)21-5-3-2-4-6-21/h2-6,11-15,20,25,27H,7-10H2,1H3. The highest BCUT2D eigenvalue weighted by molar-refractivity contribution is 7.92. The number of aromatic nitrogens is 1. The SMILES string of the molecule is Cc1cc(Cl)cc(-c2cncc(NS(=O)(=O)c3ccccc3)c2)c1OC1CCNCC1. The van der Waals surface area contributed by atoms with Crippen LogP contribution in [0.15, 0.2) is 65.8 Å². The molecular weight excluding hydrogens is 434 g/mol. The maximum Gasteiger partial charge on any atom is 0.261 e. The van der Waals surface area contributed by atoms with Crippen molar-refractivity contribution in [2.45, 2.75) is 30.8 Å². The van der Waals surface area contributed by atoms with Crippen LogP contribution in [-0.4, -0.2) is 32.6 Å². The number of sulfonamides is 1. The van der Waals surface area contributed by atoms with Gasteiger partial charge in [0.15, 0.2) is 0 Å². The van der Waals surface area contributed by atoms with Gasteiger partial charge in [0.25, 0.3) is 10.0 Å². The lowest BCUT2D eigenvalue weighted by Crippen LogP contribution is -2.34. The van der Waals surface area contributed by atoms with Crippen LogP contribution in [-0.2, 0) is 10.0 Å². The van der Waals surface area contributed by atoms with Gasteiger partial charge in [-0.3, -0.25) is 9.71 Å². The number of hydrogen-bond acceptors (Lipinski definition) is 5. The third-order valence-corrected chi connectivity index (χ3v) is 6.78. The quantitative estimate of drug-likeness (QED) is 0.563. The molecule has 0 aliphatic carbocycles. The van der Waals surface area contributed by atoms with E-state index in [0.29, 0.717) is 10.7 Å². The lowest BCUT2D eigenvalue weighted by atomic mass is 10.0. The zero-order valence-electron chi connectivity index (χ0n) is 17.1. The van der Waals surface area contributed by atoms with Gasteiger partial charge in [0.2, 0.25) is 0 Å². The molecule has 2 aromatic carbocycles. The maximum absolute atomic E-state index is 12.7. The molecule has 0 amide bonds. The molecule has 3 aromatic rings. The van der Waals surface area contributed by atoms with E-state index in [9.17, 15) is 8.42 Å². The van der Waals surface area contributed by atoms with Crippen molar-refractivity contribution < 1.29 is 13.2 Å². The van der Waals surface area contributed by atoms with E-state index < -0.39 is 10.0 Å². The van der Waals surface area contributed by atoms with E-state index in [-0.39, 0.29) is 11.0 Å². The fourth-order valence-corrected chi connectivity index (χ4v) is 4.97. The van der Waals surface area contributed by atoms with Gasteiger partial charge in [-0.15, -0.1) is 0 Å². The van der Waals surface area contributed by atoms with Crippen molar-refractivity contribution in [1.29, 1.82) is 0 Å². The van der Waals surface area contributed by atoms with Crippen LogP contribution in [0.2, 0.25) is 5.02 Å². The molecule has 0 unspecified atom stereocenters. The lowest BCUT2D eigenvalue weighted by molar-refractivity contribution is 0.162. The van der Waals surface area contributed by atoms with E-state index in [0.717, 1.165) is 48.4 Å². The van der Waals surface area contributed by atoms with Gasteiger partial charge in [0.1, 0.15) is 11.9 Å². The Morgan fingerprint density at radius 1 is 1.10 bits per heavy atom. The molecule has 1 fully saturated rings. The number of anilines is 1. The molecule has 1 aromatic heterocycles. The highest BCUT2D eigenvalue weighted by atomic mass is 35.5. The monoisotopic (exact) mass is 457 g/mol. The molecule has 0 spiro atoms. The highest BCUT2D eigenvalue weighted by Gasteiger charge is 2.20. The summed E-state index contributed by atoms with van der Waals surface area (Å²) >= 11 is 6.34. The van der Waals surface area contributed by atoms with Crippen LogP contribution in [0, 0.1) is 6.92 Å². The van der Waals surface area contributed by atoms with Gasteiger partial charge in [0.05, 0.1) is 16.8 Å². The topological polar surface area (TPSA) is 80.3 Å². The molecule has 0 saturated carbocycles. The third-order valence-electron chi connectivity index (χ3n) is 5.17. The van der Waals surface area contributed by atoms with Crippen LogP contribution in [0.25, 0.3) is 11.1 Å². The molecule has 8 heteroatoms. The van der Waals surface area contributed by atoms with E-state index in [2.05, 4.69) is 15.0 Å². The minimum absolute atomic E-state index is 0.118. The molecular formula is C23H24ClN3O3S. The maximum atomic E-state index is 12.7. The molecule has 2 N–H and O–H groups in total. The number of halogens is 1. The molecule has 162 valence electrons. The summed E-state index contributed by atoms with van der Waals surface area (Å²) in [6.45, 7) is 3.80. The number of rotatable bonds is 6. The summed E-state index contributed by atoms with van der Waals surface area (Å²) in [5, 5.41) is 3.92. The summed E-state index contributed by atoms with van der Waals surface area (Å²) in [6, 6.07) is 13.7. The van der Waals surface area contributed by atoms with Gasteiger partial charge in [-0.05, 0) is 68.8 Å². The Morgan fingerprint density at radius 3 is 2.58 bits per heavy atom. The summed E-state index contributed by atoms with van der Waals surface area (Å²) in [6.07, 6.45) is 5.13. The van der Waals surface area contributed by atoms with E-state index >= 15 is 0 Å². The third kappa shape index (κ3) is 5.18. The first-order chi connectivity index (χ1) is 14.9. The molecule has 0 radical (unpaired) electrons. The molecule has 31 heavy (non-hydrogen) atoms. The van der Waals surface area contributed by atoms with Gasteiger partial charge in [-0.2, -0.15) is 0 Å². The lowest BCUT2D eigenvalue weighted by Gasteiger charge is -2.26. The van der Waals surface area contributed by atoms with Gasteiger partial charge < -0.3 is 10.1 Å². The number of ether oxygens (including phenoxy) is 1. The predicted octanol–water partition coefficient (Wildman–Crippen LogP) is 4.64. The molecule has 6 nitrogen and oxygen atoms in total. The minimum Gasteiger partial charge on any atom is -0.489 e. The van der Waals surface area contributed by atoms with Crippen molar-refractivity contribution >= 4 is 27.3 Å². The Labute approximate surface area is 187 Å². The molecule has 0 atom stereocenters. The first-order valence-corrected chi connectivity index (χ1v) is 12.0. The highest BCUT2D eigenvalue weighted by Crippen LogP contribution is 2.38. The molecule has 1 aliphatic heterocycles. The van der Waals surface area contributed by atoms with Gasteiger partial charge >= 0.3 is 0 Å². The summed E-state index contributed by atoms with van der Waals surface area (Å²) < 4.78 is 34.4. The van der Waals surface area contributed by atoms with E-state index in [1.807, 2.05) is 19.1 Å². The van der Waals surface area contributed by atoms with Crippen LogP contribution in [0.1, 0.15) is 18.4 Å². The Bertz CT molecular complexity index is 1160. The number of hydrogen-bond donors (Lipinski definition) is 2. The number of piperidine rings is 1. The van der Waals surface area contributed by atoms with Gasteiger partial charge in [-0.25, -0.2) is 8.42 Å². The Hall–Kier alpha value is -2.61. The molecule has 1 saturated heterocycles. The van der Waals surface area contributed by atoms with Gasteiger partial charge in [0, 0.05) is 22.3 Å². The fraction of sp³-hybridized carbons (Fsp3) is 0.261. The van der Waals surface area contributed by atoms with Crippen LogP contribution in [0.4, 0.5) is 5.69 Å². The second-order valence-corrected chi connectivity index (χ2v) is 9.67. The van der Waals surface area contributed by atoms with Crippen LogP contribution in [0.5, 0.6) is 5.75 Å². The summed E-state index contributed by atoms with van der Waals surface area (Å²) in [4.78, 5) is 4.44. The van der Waals surface area contributed by atoms with E-state index in [4.69, 9.17) is 16.3 Å². The average molecular weight is 458 g/mol. The van der Waals surface area contributed by atoms with Crippen molar-refractivity contribution in [3.8, 4) is 16.9 Å². The zero-order chi connectivity index (χ0) is 21.8. The molecule has 2 heterocycles. The number of benzene rings is 2. The Kier molecular flexibility index (Phi) is 6.46. The first-order valence-electron chi connectivity index (χ1n) is 10.1. The summed E-state index contributed by atoms with van der Waals surface area (Å²) in [7, 11) is -3.72. The van der Waals surface area contributed by atoms with Crippen molar-refractivity contribution in [3.05, 3.63) is 71.5 Å². The summed E-state index contributed by atoms with van der Waals surface area (Å²) in [5.41, 5.74) is 2.81. The second-order valence-electron chi connectivity index (χ2n) is 7.55. The van der Waals surface area contributed by atoms with E-state index in [1.54, 1.807) is 42.6 Å². The molecule has 4 rings (SSSR count). The largest absolute Gasteiger partial charge is 0.489 e. The Morgan fingerprint density at radius 2 is 1.84 bits per heavy atom. The smallest absolute Gasteiger partial charge is 0.261 e. The van der Waals surface area contributed by atoms with Crippen molar-refractivity contribution in [2.24, 2.45) is 0 Å². The van der Waals surface area contributed by atoms with Crippen LogP contribution >= 0.6 is 11.6 Å². The Balaban J connectivity index is 1.67. The van der Waals surface area contributed by atoms with Crippen molar-refractivity contribution in [1.82, 2.24) is 10.3 Å². The number of nitrogens with zero attached hydrogens (tertiary/aromatic N) is 1. The summed E-state index contributed by atoms with van der Waals surface area (Å²) in [5.74, 6) is 0.751. The van der Waals surface area contributed by atoms with Crippen molar-refractivity contribution in [3.63, 3.8) is 0 Å². The van der Waals surface area contributed by atoms with Gasteiger partial charge in [-0.1, -0.05) is 29.8 Å². The van der Waals surface area contributed by atoms with Crippen molar-refractivity contribution in [2.75, 3.05) is 17.8 Å². The predicted molar refractivity (Wildman–Crippen MR) is 123 cm³/mol. The number of nitrogens with one attached hydrogen (secondary N) is 2. The normalized spacial score (nSPS) is 14.9. The first kappa shape index (κ1) is 21.6. The molecule has 0 bridgehead atoms. The van der Waals surface area contributed by atoms with Crippen LogP contribution in [0.3, 0.4) is 0 Å². The second kappa shape index (κ2) is 9.26. The zero-order valence-corrected chi connectivity index (χ0v) is 18.7.